The lowest BCUT2D eigenvalue weighted by Gasteiger charge is -2.21. The van der Waals surface area contributed by atoms with Gasteiger partial charge in [-0.1, -0.05) is 0 Å². The Labute approximate surface area is 90.7 Å². The lowest BCUT2D eigenvalue weighted by atomic mass is 9.96. The van der Waals surface area contributed by atoms with E-state index in [0.717, 1.165) is 12.8 Å². The Morgan fingerprint density at radius 2 is 2.23 bits per heavy atom. The minimum absolute atomic E-state index is 0.0440. The largest absolute Gasteiger partial charge is 0.381 e. The zero-order valence-corrected chi connectivity index (χ0v) is 8.73. The van der Waals surface area contributed by atoms with Gasteiger partial charge < -0.3 is 4.74 Å². The van der Waals surface area contributed by atoms with Crippen molar-refractivity contribution in [2.24, 2.45) is 0 Å². The van der Waals surface area contributed by atoms with E-state index in [2.05, 4.69) is 20.9 Å². The van der Waals surface area contributed by atoms with Crippen LogP contribution in [-0.4, -0.2) is 18.2 Å². The molecule has 1 aromatic rings. The maximum Gasteiger partial charge on any atom is 0.0852 e. The van der Waals surface area contributed by atoms with Gasteiger partial charge in [0, 0.05) is 35.5 Å². The smallest absolute Gasteiger partial charge is 0.0852 e. The lowest BCUT2D eigenvalue weighted by Crippen LogP contribution is -2.14. The maximum absolute atomic E-state index is 7.86. The highest BCUT2D eigenvalue weighted by atomic mass is 79.9. The number of halogens is 1. The molecule has 2 rings (SSSR count). The van der Waals surface area contributed by atoms with Gasteiger partial charge >= 0.3 is 0 Å². The molecule has 1 saturated heterocycles. The van der Waals surface area contributed by atoms with Gasteiger partial charge in [-0.25, -0.2) is 0 Å². The predicted molar refractivity (Wildman–Crippen MR) is 54.7 cm³/mol. The average Bonchev–Trinajstić information content (AvgIpc) is 2.32. The molecule has 0 atom stereocenters. The molecule has 0 spiro atoms. The molecule has 2 nitrogen and oxygen atoms in total. The van der Waals surface area contributed by atoms with Crippen LogP contribution in [0.4, 0.5) is 0 Å². The van der Waals surface area contributed by atoms with Gasteiger partial charge in [0.05, 0.1) is 4.11 Å². The molecular formula is C10H12BrNO. The fourth-order valence-electron chi connectivity index (χ4n) is 1.45. The summed E-state index contributed by atoms with van der Waals surface area (Å²) in [5, 5.41) is 0. The van der Waals surface area contributed by atoms with Crippen molar-refractivity contribution in [1.29, 1.82) is 0 Å². The van der Waals surface area contributed by atoms with E-state index in [0.29, 0.717) is 23.4 Å². The molecule has 1 aliphatic rings. The quantitative estimate of drug-likeness (QED) is 0.758. The van der Waals surface area contributed by atoms with Gasteiger partial charge in [0.25, 0.3) is 0 Å². The van der Waals surface area contributed by atoms with Crippen LogP contribution in [0.15, 0.2) is 22.7 Å². The zero-order chi connectivity index (χ0) is 11.7. The van der Waals surface area contributed by atoms with Crippen molar-refractivity contribution in [3.63, 3.8) is 0 Å². The lowest BCUT2D eigenvalue weighted by molar-refractivity contribution is 0.0845. The molecule has 0 aliphatic carbocycles. The monoisotopic (exact) mass is 244 g/mol. The first-order valence-corrected chi connectivity index (χ1v) is 5.11. The summed E-state index contributed by atoms with van der Waals surface area (Å²) in [4.78, 5) is 4.11. The van der Waals surface area contributed by atoms with Crippen molar-refractivity contribution in [3.8, 4) is 0 Å². The number of nitrogens with zero attached hydrogens (tertiary/aromatic N) is 1. The van der Waals surface area contributed by atoms with E-state index < -0.39 is 0 Å². The summed E-state index contributed by atoms with van der Waals surface area (Å²) in [5.41, 5.74) is 0.571. The molecule has 0 radical (unpaired) electrons. The van der Waals surface area contributed by atoms with E-state index in [9.17, 15) is 0 Å². The van der Waals surface area contributed by atoms with Crippen LogP contribution in [0, 0.1) is 0 Å². The summed E-state index contributed by atoms with van der Waals surface area (Å²) >= 11 is 3.11. The minimum atomic E-state index is 0.0440. The molecule has 3 heteroatoms. The van der Waals surface area contributed by atoms with Crippen molar-refractivity contribution in [2.75, 3.05) is 13.2 Å². The molecule has 1 aromatic heterocycles. The standard InChI is InChI=1S/C10H12BrNO/c11-9-1-2-10(12-7-9)8-3-5-13-6-4-8/h1-2,7-8H,3-6H2/i1D,2D,7D. The van der Waals surface area contributed by atoms with Crippen molar-refractivity contribution in [1.82, 2.24) is 4.98 Å². The number of hydrogen-bond acceptors (Lipinski definition) is 2. The third kappa shape index (κ3) is 2.29. The summed E-state index contributed by atoms with van der Waals surface area (Å²) in [7, 11) is 0. The third-order valence-electron chi connectivity index (χ3n) is 2.18. The molecule has 1 aliphatic heterocycles. The number of hydrogen-bond donors (Lipinski definition) is 0. The van der Waals surface area contributed by atoms with E-state index >= 15 is 0 Å². The van der Waals surface area contributed by atoms with E-state index in [1.165, 1.54) is 0 Å². The van der Waals surface area contributed by atoms with Crippen LogP contribution in [0.5, 0.6) is 0 Å². The Kier molecular flexibility index (Phi) is 1.99. The van der Waals surface area contributed by atoms with Crippen molar-refractivity contribution in [3.05, 3.63) is 28.4 Å². The summed E-state index contributed by atoms with van der Waals surface area (Å²) in [6, 6.07) is 0.191. The Hall–Kier alpha value is -0.410. The topological polar surface area (TPSA) is 22.1 Å². The molecule has 70 valence electrons. The van der Waals surface area contributed by atoms with Gasteiger partial charge in [-0.05, 0) is 40.9 Å². The number of rotatable bonds is 1. The van der Waals surface area contributed by atoms with E-state index in [4.69, 9.17) is 8.85 Å². The first-order valence-electron chi connectivity index (χ1n) is 5.82. The second kappa shape index (κ2) is 4.20. The third-order valence-corrected chi connectivity index (χ3v) is 2.56. The SMILES string of the molecule is [2H]c1nc(C2CCOCC2)c([2H])c([2H])c1Br. The Bertz CT molecular complexity index is 408. The minimum Gasteiger partial charge on any atom is -0.381 e. The summed E-state index contributed by atoms with van der Waals surface area (Å²) in [5.74, 6) is 0.155. The molecule has 0 amide bonds. The van der Waals surface area contributed by atoms with Gasteiger partial charge in [0.1, 0.15) is 0 Å². The molecule has 0 aromatic carbocycles. The fraction of sp³-hybridized carbons (Fsp3) is 0.500. The van der Waals surface area contributed by atoms with E-state index in [1.807, 2.05) is 0 Å². The first-order chi connectivity index (χ1) is 7.61. The molecule has 2 heterocycles. The molecule has 1 fully saturated rings. The normalized spacial score (nSPS) is 22.1. The molecule has 0 saturated carbocycles. The van der Waals surface area contributed by atoms with Crippen LogP contribution in [0.3, 0.4) is 0 Å². The second-order valence-corrected chi connectivity index (χ2v) is 3.85. The summed E-state index contributed by atoms with van der Waals surface area (Å²) in [6.07, 6.45) is 1.68. The Morgan fingerprint density at radius 1 is 1.46 bits per heavy atom. The highest BCUT2D eigenvalue weighted by Gasteiger charge is 2.16. The molecule has 0 bridgehead atoms. The van der Waals surface area contributed by atoms with Crippen LogP contribution < -0.4 is 0 Å². The number of pyridine rings is 1. The molecule has 0 unspecified atom stereocenters. The van der Waals surface area contributed by atoms with Crippen LogP contribution in [0.1, 0.15) is 28.6 Å². The summed E-state index contributed by atoms with van der Waals surface area (Å²) in [6.45, 7) is 1.34. The second-order valence-electron chi connectivity index (χ2n) is 3.06. The molecule has 0 N–H and O–H groups in total. The fourth-order valence-corrected chi connectivity index (χ4v) is 1.64. The van der Waals surface area contributed by atoms with Crippen LogP contribution in [0.2, 0.25) is 0 Å². The van der Waals surface area contributed by atoms with Gasteiger partial charge in [-0.15, -0.1) is 0 Å². The first kappa shape index (κ1) is 6.14. The van der Waals surface area contributed by atoms with Crippen LogP contribution in [0.25, 0.3) is 0 Å². The van der Waals surface area contributed by atoms with Gasteiger partial charge in [-0.3, -0.25) is 4.98 Å². The van der Waals surface area contributed by atoms with Gasteiger partial charge in [0.2, 0.25) is 0 Å². The van der Waals surface area contributed by atoms with Crippen molar-refractivity contribution >= 4 is 15.9 Å². The predicted octanol–water partition coefficient (Wildman–Crippen LogP) is 2.74. The Morgan fingerprint density at radius 3 is 3.00 bits per heavy atom. The van der Waals surface area contributed by atoms with Crippen LogP contribution in [-0.2, 0) is 4.74 Å². The maximum atomic E-state index is 7.86. The van der Waals surface area contributed by atoms with Gasteiger partial charge in [-0.2, -0.15) is 0 Å². The molecule has 13 heavy (non-hydrogen) atoms. The van der Waals surface area contributed by atoms with E-state index in [-0.39, 0.29) is 24.2 Å². The molecular weight excluding hydrogens is 230 g/mol. The Balaban J connectivity index is 2.40. The van der Waals surface area contributed by atoms with Crippen molar-refractivity contribution in [2.45, 2.75) is 18.8 Å². The summed E-state index contributed by atoms with van der Waals surface area (Å²) < 4.78 is 28.8. The van der Waals surface area contributed by atoms with Crippen LogP contribution >= 0.6 is 15.9 Å². The average molecular weight is 245 g/mol. The van der Waals surface area contributed by atoms with Crippen molar-refractivity contribution < 1.29 is 8.85 Å². The van der Waals surface area contributed by atoms with Gasteiger partial charge in [0.15, 0.2) is 0 Å². The highest BCUT2D eigenvalue weighted by molar-refractivity contribution is 9.10. The highest BCUT2D eigenvalue weighted by Crippen LogP contribution is 2.25. The zero-order valence-electron chi connectivity index (χ0n) is 10.1. The number of ether oxygens (including phenoxy) is 1. The number of aromatic nitrogens is 1. The van der Waals surface area contributed by atoms with E-state index in [1.54, 1.807) is 0 Å².